The fraction of sp³-hybridized carbons (Fsp3) is 0.588. The van der Waals surface area contributed by atoms with Crippen LogP contribution < -0.4 is 5.73 Å². The van der Waals surface area contributed by atoms with Gasteiger partial charge in [-0.1, -0.05) is 24.1 Å². The predicted molar refractivity (Wildman–Crippen MR) is 90.3 cm³/mol. The van der Waals surface area contributed by atoms with Gasteiger partial charge in [-0.15, -0.1) is 11.3 Å². The zero-order chi connectivity index (χ0) is 16.6. The van der Waals surface area contributed by atoms with E-state index in [0.29, 0.717) is 18.1 Å². The van der Waals surface area contributed by atoms with Crippen molar-refractivity contribution in [3.05, 3.63) is 34.1 Å². The SMILES string of the molecule is NC1(c2noc(C3CCCN3C(=O)Cc3cccs3)n2)CCCC1. The van der Waals surface area contributed by atoms with E-state index in [1.807, 2.05) is 22.4 Å². The predicted octanol–water partition coefficient (Wildman–Crippen LogP) is 2.77. The first-order chi connectivity index (χ1) is 11.7. The van der Waals surface area contributed by atoms with Crippen molar-refractivity contribution >= 4 is 17.2 Å². The van der Waals surface area contributed by atoms with Crippen molar-refractivity contribution in [2.45, 2.75) is 56.5 Å². The van der Waals surface area contributed by atoms with Gasteiger partial charge in [0, 0.05) is 11.4 Å². The monoisotopic (exact) mass is 346 g/mol. The molecular weight excluding hydrogens is 324 g/mol. The number of nitrogens with two attached hydrogens (primary N) is 1. The lowest BCUT2D eigenvalue weighted by Crippen LogP contribution is -2.35. The lowest BCUT2D eigenvalue weighted by atomic mass is 9.98. The van der Waals surface area contributed by atoms with Crippen LogP contribution in [0.25, 0.3) is 0 Å². The summed E-state index contributed by atoms with van der Waals surface area (Å²) in [5.74, 6) is 1.27. The van der Waals surface area contributed by atoms with Crippen LogP contribution in [0.15, 0.2) is 22.0 Å². The Morgan fingerprint density at radius 1 is 1.42 bits per heavy atom. The minimum atomic E-state index is -0.452. The minimum absolute atomic E-state index is 0.108. The maximum absolute atomic E-state index is 12.6. The molecule has 1 aliphatic carbocycles. The fourth-order valence-electron chi connectivity index (χ4n) is 3.79. The first-order valence-corrected chi connectivity index (χ1v) is 9.48. The van der Waals surface area contributed by atoms with Crippen molar-refractivity contribution in [3.63, 3.8) is 0 Å². The summed E-state index contributed by atoms with van der Waals surface area (Å²) in [5.41, 5.74) is 5.96. The second kappa shape index (κ2) is 6.29. The third-order valence-corrected chi connectivity index (χ3v) is 6.02. The number of amides is 1. The highest BCUT2D eigenvalue weighted by Gasteiger charge is 2.39. The van der Waals surface area contributed by atoms with Gasteiger partial charge in [-0.25, -0.2) is 0 Å². The number of hydrogen-bond donors (Lipinski definition) is 1. The van der Waals surface area contributed by atoms with Crippen LogP contribution in [-0.2, 0) is 16.8 Å². The molecule has 2 fully saturated rings. The molecule has 1 unspecified atom stereocenters. The molecule has 128 valence electrons. The van der Waals surface area contributed by atoms with E-state index in [1.165, 1.54) is 0 Å². The first kappa shape index (κ1) is 15.8. The number of rotatable bonds is 4. The van der Waals surface area contributed by atoms with Gasteiger partial charge in [0.25, 0.3) is 0 Å². The van der Waals surface area contributed by atoms with E-state index >= 15 is 0 Å². The van der Waals surface area contributed by atoms with Gasteiger partial charge in [0.2, 0.25) is 11.8 Å². The zero-order valence-corrected chi connectivity index (χ0v) is 14.4. The molecule has 2 N–H and O–H groups in total. The summed E-state index contributed by atoms with van der Waals surface area (Å²) < 4.78 is 5.51. The summed E-state index contributed by atoms with van der Waals surface area (Å²) in [6.07, 6.45) is 6.29. The molecule has 2 aliphatic rings. The van der Waals surface area contributed by atoms with Gasteiger partial charge >= 0.3 is 0 Å². The Hall–Kier alpha value is -1.73. The summed E-state index contributed by atoms with van der Waals surface area (Å²) in [5, 5.41) is 6.13. The molecule has 0 aromatic carbocycles. The van der Waals surface area contributed by atoms with E-state index in [1.54, 1.807) is 11.3 Å². The summed E-state index contributed by atoms with van der Waals surface area (Å²) in [6.45, 7) is 0.750. The summed E-state index contributed by atoms with van der Waals surface area (Å²) in [6, 6.07) is 3.86. The Bertz CT molecular complexity index is 706. The maximum atomic E-state index is 12.6. The molecule has 0 bridgehead atoms. The zero-order valence-electron chi connectivity index (χ0n) is 13.6. The summed E-state index contributed by atoms with van der Waals surface area (Å²) in [7, 11) is 0. The third-order valence-electron chi connectivity index (χ3n) is 5.15. The Kier molecular flexibility index (Phi) is 4.14. The molecule has 1 saturated carbocycles. The van der Waals surface area contributed by atoms with E-state index in [2.05, 4.69) is 10.1 Å². The van der Waals surface area contributed by atoms with Crippen molar-refractivity contribution in [1.82, 2.24) is 15.0 Å². The highest BCUT2D eigenvalue weighted by Crippen LogP contribution is 2.37. The minimum Gasteiger partial charge on any atom is -0.337 e. The van der Waals surface area contributed by atoms with Crippen molar-refractivity contribution in [2.24, 2.45) is 5.73 Å². The van der Waals surface area contributed by atoms with Crippen LogP contribution in [0.2, 0.25) is 0 Å². The molecule has 1 aliphatic heterocycles. The number of hydrogen-bond acceptors (Lipinski definition) is 6. The molecule has 3 heterocycles. The first-order valence-electron chi connectivity index (χ1n) is 8.60. The molecule has 1 saturated heterocycles. The van der Waals surface area contributed by atoms with E-state index in [0.717, 1.165) is 49.9 Å². The smallest absolute Gasteiger partial charge is 0.249 e. The van der Waals surface area contributed by atoms with Gasteiger partial charge in [0.15, 0.2) is 5.82 Å². The van der Waals surface area contributed by atoms with E-state index in [9.17, 15) is 4.79 Å². The van der Waals surface area contributed by atoms with Gasteiger partial charge in [-0.3, -0.25) is 4.79 Å². The number of carbonyl (C=O) groups is 1. The second-order valence-electron chi connectivity index (χ2n) is 6.82. The van der Waals surface area contributed by atoms with Crippen LogP contribution in [0.1, 0.15) is 61.2 Å². The normalized spacial score (nSPS) is 23.0. The lowest BCUT2D eigenvalue weighted by Gasteiger charge is -2.22. The average molecular weight is 346 g/mol. The Balaban J connectivity index is 1.50. The Morgan fingerprint density at radius 3 is 3.00 bits per heavy atom. The Morgan fingerprint density at radius 2 is 2.25 bits per heavy atom. The molecular formula is C17H22N4O2S. The van der Waals surface area contributed by atoms with E-state index in [-0.39, 0.29) is 11.9 Å². The quantitative estimate of drug-likeness (QED) is 0.920. The molecule has 0 spiro atoms. The molecule has 4 rings (SSSR count). The number of carbonyl (C=O) groups excluding carboxylic acids is 1. The van der Waals surface area contributed by atoms with Crippen molar-refractivity contribution in [1.29, 1.82) is 0 Å². The third kappa shape index (κ3) is 2.86. The number of nitrogens with zero attached hydrogens (tertiary/aromatic N) is 3. The van der Waals surface area contributed by atoms with Crippen molar-refractivity contribution in [3.8, 4) is 0 Å². The van der Waals surface area contributed by atoms with Gasteiger partial charge in [0.1, 0.15) is 6.04 Å². The lowest BCUT2D eigenvalue weighted by molar-refractivity contribution is -0.131. The number of aromatic nitrogens is 2. The van der Waals surface area contributed by atoms with E-state index in [4.69, 9.17) is 10.3 Å². The van der Waals surface area contributed by atoms with Crippen LogP contribution in [0.3, 0.4) is 0 Å². The highest BCUT2D eigenvalue weighted by molar-refractivity contribution is 7.10. The molecule has 6 nitrogen and oxygen atoms in total. The van der Waals surface area contributed by atoms with Crippen LogP contribution in [0, 0.1) is 0 Å². The van der Waals surface area contributed by atoms with Gasteiger partial charge in [0.05, 0.1) is 12.0 Å². The van der Waals surface area contributed by atoms with Crippen LogP contribution >= 0.6 is 11.3 Å². The second-order valence-corrected chi connectivity index (χ2v) is 7.85. The molecule has 2 aromatic rings. The molecule has 2 aromatic heterocycles. The van der Waals surface area contributed by atoms with Crippen LogP contribution in [-0.4, -0.2) is 27.5 Å². The number of thiophene rings is 1. The van der Waals surface area contributed by atoms with Gasteiger partial charge in [-0.05, 0) is 37.1 Å². The molecule has 1 atom stereocenters. The van der Waals surface area contributed by atoms with Gasteiger partial charge in [-0.2, -0.15) is 4.98 Å². The molecule has 1 amide bonds. The molecule has 7 heteroatoms. The Labute approximate surface area is 145 Å². The van der Waals surface area contributed by atoms with Crippen molar-refractivity contribution in [2.75, 3.05) is 6.54 Å². The van der Waals surface area contributed by atoms with E-state index < -0.39 is 5.54 Å². The standard InChI is InChI=1S/C17H22N4O2S/c18-17(7-1-2-8-17)16-19-15(23-20-16)13-6-3-9-21(13)14(22)11-12-5-4-10-24-12/h4-5,10,13H,1-3,6-9,11,18H2. The summed E-state index contributed by atoms with van der Waals surface area (Å²) >= 11 is 1.61. The fourth-order valence-corrected chi connectivity index (χ4v) is 4.48. The topological polar surface area (TPSA) is 85.2 Å². The maximum Gasteiger partial charge on any atom is 0.249 e. The summed E-state index contributed by atoms with van der Waals surface area (Å²) in [4.78, 5) is 20.2. The van der Waals surface area contributed by atoms with Crippen LogP contribution in [0.5, 0.6) is 0 Å². The number of likely N-dealkylation sites (tertiary alicyclic amines) is 1. The van der Waals surface area contributed by atoms with Crippen molar-refractivity contribution < 1.29 is 9.32 Å². The van der Waals surface area contributed by atoms with Gasteiger partial charge < -0.3 is 15.2 Å². The highest BCUT2D eigenvalue weighted by atomic mass is 32.1. The largest absolute Gasteiger partial charge is 0.337 e. The van der Waals surface area contributed by atoms with Crippen LogP contribution in [0.4, 0.5) is 0 Å². The molecule has 24 heavy (non-hydrogen) atoms. The average Bonchev–Trinajstić information content (AvgIpc) is 3.34. The molecule has 0 radical (unpaired) electrons.